The molecule has 2 heterocycles. The van der Waals surface area contributed by atoms with Crippen LogP contribution in [0.1, 0.15) is 24.3 Å². The zero-order chi connectivity index (χ0) is 13.1. The average molecular weight is 312 g/mol. The van der Waals surface area contributed by atoms with E-state index in [0.717, 1.165) is 30.7 Å². The van der Waals surface area contributed by atoms with Crippen LogP contribution in [0.3, 0.4) is 0 Å². The van der Waals surface area contributed by atoms with Crippen LogP contribution in [0.5, 0.6) is 0 Å². The van der Waals surface area contributed by atoms with Crippen molar-refractivity contribution in [1.29, 1.82) is 0 Å². The summed E-state index contributed by atoms with van der Waals surface area (Å²) >= 11 is 3.38. The Balaban J connectivity index is 2.10. The van der Waals surface area contributed by atoms with Crippen molar-refractivity contribution in [2.75, 3.05) is 26.2 Å². The van der Waals surface area contributed by atoms with Crippen LogP contribution in [0, 0.1) is 0 Å². The van der Waals surface area contributed by atoms with E-state index in [4.69, 9.17) is 0 Å². The highest BCUT2D eigenvalue weighted by molar-refractivity contribution is 9.10. The van der Waals surface area contributed by atoms with E-state index in [-0.39, 0.29) is 5.91 Å². The third-order valence-electron chi connectivity index (χ3n) is 3.42. The van der Waals surface area contributed by atoms with E-state index in [2.05, 4.69) is 39.7 Å². The van der Waals surface area contributed by atoms with E-state index >= 15 is 0 Å². The van der Waals surface area contributed by atoms with Crippen molar-refractivity contribution < 1.29 is 4.79 Å². The minimum absolute atomic E-state index is 0.0186. The van der Waals surface area contributed by atoms with Crippen LogP contribution in [-0.4, -0.2) is 52.9 Å². The standard InChI is InChI=1S/C13H18BrN3O/c1-3-16-7-8-17(9-10(16)2)13(18)12-11(14)5-4-6-15-12/h4-6,10H,3,7-9H2,1-2H3. The van der Waals surface area contributed by atoms with Gasteiger partial charge in [0.2, 0.25) is 0 Å². The molecule has 1 fully saturated rings. The number of pyridine rings is 1. The summed E-state index contributed by atoms with van der Waals surface area (Å²) in [6.07, 6.45) is 1.66. The molecule has 1 aromatic rings. The summed E-state index contributed by atoms with van der Waals surface area (Å²) in [6.45, 7) is 7.85. The van der Waals surface area contributed by atoms with Crippen LogP contribution in [0.25, 0.3) is 0 Å². The number of carbonyl (C=O) groups is 1. The lowest BCUT2D eigenvalue weighted by Gasteiger charge is -2.39. The molecule has 98 valence electrons. The summed E-state index contributed by atoms with van der Waals surface area (Å²) in [5, 5.41) is 0. The highest BCUT2D eigenvalue weighted by Gasteiger charge is 2.27. The van der Waals surface area contributed by atoms with Gasteiger partial charge in [-0.25, -0.2) is 4.98 Å². The summed E-state index contributed by atoms with van der Waals surface area (Å²) in [4.78, 5) is 20.8. The number of aromatic nitrogens is 1. The maximum absolute atomic E-state index is 12.4. The normalized spacial score (nSPS) is 21.1. The number of nitrogens with zero attached hydrogens (tertiary/aromatic N) is 3. The van der Waals surface area contributed by atoms with Gasteiger partial charge in [-0.2, -0.15) is 0 Å². The smallest absolute Gasteiger partial charge is 0.273 e. The van der Waals surface area contributed by atoms with Gasteiger partial charge < -0.3 is 4.90 Å². The highest BCUT2D eigenvalue weighted by Crippen LogP contribution is 2.17. The van der Waals surface area contributed by atoms with Crippen LogP contribution < -0.4 is 0 Å². The second-order valence-corrected chi connectivity index (χ2v) is 5.42. The molecule has 1 aliphatic heterocycles. The monoisotopic (exact) mass is 311 g/mol. The van der Waals surface area contributed by atoms with E-state index in [0.29, 0.717) is 11.7 Å². The zero-order valence-corrected chi connectivity index (χ0v) is 12.4. The van der Waals surface area contributed by atoms with Crippen LogP contribution in [0.2, 0.25) is 0 Å². The first-order valence-electron chi connectivity index (χ1n) is 6.27. The Morgan fingerprint density at radius 3 is 2.94 bits per heavy atom. The van der Waals surface area contributed by atoms with Gasteiger partial charge in [-0.1, -0.05) is 6.92 Å². The maximum Gasteiger partial charge on any atom is 0.273 e. The van der Waals surface area contributed by atoms with Gasteiger partial charge in [0.05, 0.1) is 0 Å². The highest BCUT2D eigenvalue weighted by atomic mass is 79.9. The average Bonchev–Trinajstić information content (AvgIpc) is 2.38. The predicted octanol–water partition coefficient (Wildman–Crippen LogP) is 2.01. The van der Waals surface area contributed by atoms with E-state index < -0.39 is 0 Å². The van der Waals surface area contributed by atoms with Crippen molar-refractivity contribution in [1.82, 2.24) is 14.8 Å². The van der Waals surface area contributed by atoms with E-state index in [1.165, 1.54) is 0 Å². The number of halogens is 1. The van der Waals surface area contributed by atoms with Gasteiger partial charge in [-0.05, 0) is 41.5 Å². The maximum atomic E-state index is 12.4. The molecule has 0 aliphatic carbocycles. The number of piperazine rings is 1. The van der Waals surface area contributed by atoms with E-state index in [1.54, 1.807) is 6.20 Å². The molecule has 1 saturated heterocycles. The van der Waals surface area contributed by atoms with Crippen molar-refractivity contribution in [3.05, 3.63) is 28.5 Å². The largest absolute Gasteiger partial charge is 0.334 e. The molecule has 1 unspecified atom stereocenters. The van der Waals surface area contributed by atoms with E-state index in [9.17, 15) is 4.79 Å². The quantitative estimate of drug-likeness (QED) is 0.838. The van der Waals surface area contributed by atoms with Gasteiger partial charge in [0, 0.05) is 36.3 Å². The van der Waals surface area contributed by atoms with Gasteiger partial charge in [0.25, 0.3) is 5.91 Å². The van der Waals surface area contributed by atoms with Crippen LogP contribution in [-0.2, 0) is 0 Å². The Labute approximate surface area is 116 Å². The molecule has 18 heavy (non-hydrogen) atoms. The van der Waals surface area contributed by atoms with Crippen molar-refractivity contribution in [2.24, 2.45) is 0 Å². The van der Waals surface area contributed by atoms with Gasteiger partial charge in [-0.15, -0.1) is 0 Å². The summed E-state index contributed by atoms with van der Waals surface area (Å²) in [5.74, 6) is 0.0186. The molecule has 4 nitrogen and oxygen atoms in total. The third kappa shape index (κ3) is 2.72. The van der Waals surface area contributed by atoms with Crippen LogP contribution >= 0.6 is 15.9 Å². The number of amides is 1. The SMILES string of the molecule is CCN1CCN(C(=O)c2ncccc2Br)CC1C. The molecule has 1 amide bonds. The molecule has 1 aliphatic rings. The summed E-state index contributed by atoms with van der Waals surface area (Å²) in [6, 6.07) is 4.08. The van der Waals surface area contributed by atoms with Crippen LogP contribution in [0.4, 0.5) is 0 Å². The lowest BCUT2D eigenvalue weighted by molar-refractivity contribution is 0.0522. The zero-order valence-electron chi connectivity index (χ0n) is 10.8. The molecule has 0 N–H and O–H groups in total. The lowest BCUT2D eigenvalue weighted by Crippen LogP contribution is -2.53. The fraction of sp³-hybridized carbons (Fsp3) is 0.538. The second-order valence-electron chi connectivity index (χ2n) is 4.56. The van der Waals surface area contributed by atoms with Crippen molar-refractivity contribution in [2.45, 2.75) is 19.9 Å². The Hall–Kier alpha value is -0.940. The topological polar surface area (TPSA) is 36.4 Å². The molecule has 5 heteroatoms. The minimum Gasteiger partial charge on any atom is -0.334 e. The first-order valence-corrected chi connectivity index (χ1v) is 7.06. The van der Waals surface area contributed by atoms with Gasteiger partial charge >= 0.3 is 0 Å². The molecule has 1 atom stereocenters. The van der Waals surface area contributed by atoms with Crippen molar-refractivity contribution in [3.8, 4) is 0 Å². The third-order valence-corrected chi connectivity index (χ3v) is 4.06. The first-order chi connectivity index (χ1) is 8.63. The Morgan fingerprint density at radius 2 is 2.33 bits per heavy atom. The van der Waals surface area contributed by atoms with Crippen molar-refractivity contribution in [3.63, 3.8) is 0 Å². The fourth-order valence-corrected chi connectivity index (χ4v) is 2.77. The molecule has 0 bridgehead atoms. The molecule has 0 spiro atoms. The summed E-state index contributed by atoms with van der Waals surface area (Å²) < 4.78 is 0.764. The summed E-state index contributed by atoms with van der Waals surface area (Å²) in [7, 11) is 0. The number of hydrogen-bond donors (Lipinski definition) is 0. The van der Waals surface area contributed by atoms with Gasteiger partial charge in [0.15, 0.2) is 0 Å². The van der Waals surface area contributed by atoms with Crippen molar-refractivity contribution >= 4 is 21.8 Å². The summed E-state index contributed by atoms with van der Waals surface area (Å²) in [5.41, 5.74) is 0.509. The van der Waals surface area contributed by atoms with E-state index in [1.807, 2.05) is 17.0 Å². The molecule has 0 radical (unpaired) electrons. The number of rotatable bonds is 2. The molecular weight excluding hydrogens is 294 g/mol. The minimum atomic E-state index is 0.0186. The van der Waals surface area contributed by atoms with Crippen LogP contribution in [0.15, 0.2) is 22.8 Å². The number of likely N-dealkylation sites (N-methyl/N-ethyl adjacent to an activating group) is 1. The lowest BCUT2D eigenvalue weighted by atomic mass is 10.2. The number of carbonyl (C=O) groups excluding carboxylic acids is 1. The first kappa shape index (κ1) is 13.5. The Kier molecular flexibility index (Phi) is 4.35. The molecule has 1 aromatic heterocycles. The molecule has 0 aromatic carbocycles. The Morgan fingerprint density at radius 1 is 1.56 bits per heavy atom. The molecule has 2 rings (SSSR count). The second kappa shape index (κ2) is 5.80. The van der Waals surface area contributed by atoms with Gasteiger partial charge in [-0.3, -0.25) is 9.69 Å². The predicted molar refractivity (Wildman–Crippen MR) is 74.5 cm³/mol. The van der Waals surface area contributed by atoms with Gasteiger partial charge in [0.1, 0.15) is 5.69 Å². The molecule has 0 saturated carbocycles. The Bertz CT molecular complexity index is 438. The fourth-order valence-electron chi connectivity index (χ4n) is 2.34. The number of hydrogen-bond acceptors (Lipinski definition) is 3. The molecular formula is C13H18BrN3O.